The fourth-order valence-electron chi connectivity index (χ4n) is 2.65. The van der Waals surface area contributed by atoms with Crippen molar-refractivity contribution in [1.82, 2.24) is 10.6 Å². The van der Waals surface area contributed by atoms with Crippen molar-refractivity contribution < 1.29 is 14.7 Å². The summed E-state index contributed by atoms with van der Waals surface area (Å²) in [5.41, 5.74) is 0. The van der Waals surface area contributed by atoms with E-state index in [1.165, 1.54) is 0 Å². The Morgan fingerprint density at radius 1 is 1.32 bits per heavy atom. The fraction of sp³-hybridized carbons (Fsp3) is 0.857. The molecule has 5 nitrogen and oxygen atoms in total. The van der Waals surface area contributed by atoms with E-state index in [1.807, 2.05) is 0 Å². The number of hydrogen-bond donors (Lipinski definition) is 3. The molecule has 1 aliphatic carbocycles. The van der Waals surface area contributed by atoms with Gasteiger partial charge in [-0.25, -0.2) is 4.79 Å². The Kier molecular flexibility index (Phi) is 6.12. The molecule has 1 saturated carbocycles. The van der Waals surface area contributed by atoms with Crippen LogP contribution in [0.1, 0.15) is 46.5 Å². The third-order valence-electron chi connectivity index (χ3n) is 3.53. The minimum Gasteiger partial charge on any atom is -0.481 e. The smallest absolute Gasteiger partial charge is 0.315 e. The van der Waals surface area contributed by atoms with Gasteiger partial charge >= 0.3 is 12.0 Å². The standard InChI is InChI=1S/C14H26N2O3/c1-9(2)4-11(7-13(17)18)8-15-14(19)16-12-5-10(3)6-12/h9-12H,4-8H2,1-3H3,(H,17,18)(H2,15,16,19)/t10?,11-,12?/m0/s1. The molecule has 0 heterocycles. The van der Waals surface area contributed by atoms with Gasteiger partial charge in [0.05, 0.1) is 0 Å². The minimum absolute atomic E-state index is 0.00330. The van der Waals surface area contributed by atoms with Gasteiger partial charge < -0.3 is 15.7 Å². The van der Waals surface area contributed by atoms with Crippen molar-refractivity contribution in [1.29, 1.82) is 0 Å². The van der Waals surface area contributed by atoms with Crippen LogP contribution >= 0.6 is 0 Å². The predicted molar refractivity (Wildman–Crippen MR) is 73.9 cm³/mol. The Bertz CT molecular complexity index is 312. The Morgan fingerprint density at radius 2 is 1.95 bits per heavy atom. The van der Waals surface area contributed by atoms with E-state index < -0.39 is 5.97 Å². The monoisotopic (exact) mass is 270 g/mol. The molecule has 5 heteroatoms. The van der Waals surface area contributed by atoms with E-state index in [0.717, 1.165) is 19.3 Å². The van der Waals surface area contributed by atoms with Gasteiger partial charge in [0, 0.05) is 19.0 Å². The molecule has 0 unspecified atom stereocenters. The van der Waals surface area contributed by atoms with Crippen LogP contribution in [0.5, 0.6) is 0 Å². The topological polar surface area (TPSA) is 78.4 Å². The lowest BCUT2D eigenvalue weighted by atomic mass is 9.82. The molecule has 0 aromatic heterocycles. The largest absolute Gasteiger partial charge is 0.481 e. The van der Waals surface area contributed by atoms with Crippen molar-refractivity contribution in [2.45, 2.75) is 52.5 Å². The summed E-state index contributed by atoms with van der Waals surface area (Å²) < 4.78 is 0. The maximum atomic E-state index is 11.7. The van der Waals surface area contributed by atoms with Crippen LogP contribution in [0.2, 0.25) is 0 Å². The van der Waals surface area contributed by atoms with Gasteiger partial charge in [0.25, 0.3) is 0 Å². The fourth-order valence-corrected chi connectivity index (χ4v) is 2.65. The Hall–Kier alpha value is -1.26. The molecule has 0 aromatic carbocycles. The molecule has 3 N–H and O–H groups in total. The van der Waals surface area contributed by atoms with E-state index in [-0.39, 0.29) is 24.4 Å². The summed E-state index contributed by atoms with van der Waals surface area (Å²) >= 11 is 0. The number of hydrogen-bond acceptors (Lipinski definition) is 2. The zero-order valence-corrected chi connectivity index (χ0v) is 12.1. The van der Waals surface area contributed by atoms with E-state index in [4.69, 9.17) is 5.11 Å². The number of rotatable bonds is 7. The van der Waals surface area contributed by atoms with Crippen molar-refractivity contribution >= 4 is 12.0 Å². The molecule has 1 rings (SSSR count). The quantitative estimate of drug-likeness (QED) is 0.663. The maximum Gasteiger partial charge on any atom is 0.315 e. The molecule has 0 radical (unpaired) electrons. The summed E-state index contributed by atoms with van der Waals surface area (Å²) in [5.74, 6) is 0.330. The summed E-state index contributed by atoms with van der Waals surface area (Å²) in [6.45, 7) is 6.72. The first-order chi connectivity index (χ1) is 8.86. The van der Waals surface area contributed by atoms with Crippen LogP contribution in [0.4, 0.5) is 4.79 Å². The van der Waals surface area contributed by atoms with Gasteiger partial charge in [-0.05, 0) is 37.0 Å². The maximum absolute atomic E-state index is 11.7. The van der Waals surface area contributed by atoms with Gasteiger partial charge in [0.1, 0.15) is 0 Å². The summed E-state index contributed by atoms with van der Waals surface area (Å²) in [6, 6.07) is 0.120. The molecule has 1 atom stereocenters. The highest BCUT2D eigenvalue weighted by Crippen LogP contribution is 2.26. The van der Waals surface area contributed by atoms with Gasteiger partial charge in [0.15, 0.2) is 0 Å². The van der Waals surface area contributed by atoms with Crippen LogP contribution < -0.4 is 10.6 Å². The molecule has 1 aliphatic rings. The zero-order chi connectivity index (χ0) is 14.4. The number of carbonyl (C=O) groups is 2. The van der Waals surface area contributed by atoms with Gasteiger partial charge in [-0.1, -0.05) is 20.8 Å². The number of urea groups is 1. The van der Waals surface area contributed by atoms with E-state index in [0.29, 0.717) is 18.4 Å². The number of carboxylic acid groups (broad SMARTS) is 1. The lowest BCUT2D eigenvalue weighted by Crippen LogP contribution is -2.48. The van der Waals surface area contributed by atoms with E-state index in [9.17, 15) is 9.59 Å². The summed E-state index contributed by atoms with van der Waals surface area (Å²) in [7, 11) is 0. The molecule has 0 aliphatic heterocycles. The average molecular weight is 270 g/mol. The SMILES string of the molecule is CC(C)C[C@H](CNC(=O)NC1CC(C)C1)CC(=O)O. The lowest BCUT2D eigenvalue weighted by Gasteiger charge is -2.33. The second-order valence-electron chi connectivity index (χ2n) is 6.22. The summed E-state index contributed by atoms with van der Waals surface area (Å²) in [5, 5.41) is 14.6. The van der Waals surface area contributed by atoms with Crippen LogP contribution in [0.3, 0.4) is 0 Å². The Balaban J connectivity index is 2.25. The Morgan fingerprint density at radius 3 is 2.42 bits per heavy atom. The normalized spacial score (nSPS) is 23.6. The van der Waals surface area contributed by atoms with E-state index in [2.05, 4.69) is 31.4 Å². The molecule has 1 fully saturated rings. The third-order valence-corrected chi connectivity index (χ3v) is 3.53. The zero-order valence-electron chi connectivity index (χ0n) is 12.1. The summed E-state index contributed by atoms with van der Waals surface area (Å²) in [6.07, 6.45) is 3.00. The van der Waals surface area contributed by atoms with Crippen molar-refractivity contribution in [3.05, 3.63) is 0 Å². The van der Waals surface area contributed by atoms with Crippen molar-refractivity contribution in [3.8, 4) is 0 Å². The molecule has 0 aromatic rings. The number of aliphatic carboxylic acids is 1. The van der Waals surface area contributed by atoms with Crippen LogP contribution in [-0.2, 0) is 4.79 Å². The molecule has 0 bridgehead atoms. The van der Waals surface area contributed by atoms with E-state index in [1.54, 1.807) is 0 Å². The molecule has 0 spiro atoms. The first-order valence-electron chi connectivity index (χ1n) is 7.13. The molecule has 110 valence electrons. The lowest BCUT2D eigenvalue weighted by molar-refractivity contribution is -0.138. The number of amides is 2. The first kappa shape index (κ1) is 15.8. The molecule has 19 heavy (non-hydrogen) atoms. The first-order valence-corrected chi connectivity index (χ1v) is 7.13. The number of carboxylic acids is 1. The van der Waals surface area contributed by atoms with Crippen molar-refractivity contribution in [3.63, 3.8) is 0 Å². The minimum atomic E-state index is -0.805. The molecule has 0 saturated heterocycles. The molecule has 2 amide bonds. The third kappa shape index (κ3) is 6.45. The van der Waals surface area contributed by atoms with Gasteiger partial charge in [-0.3, -0.25) is 4.79 Å². The number of carbonyl (C=O) groups excluding carboxylic acids is 1. The second-order valence-corrected chi connectivity index (χ2v) is 6.22. The van der Waals surface area contributed by atoms with Gasteiger partial charge in [-0.15, -0.1) is 0 Å². The highest BCUT2D eigenvalue weighted by Gasteiger charge is 2.26. The highest BCUT2D eigenvalue weighted by molar-refractivity contribution is 5.74. The van der Waals surface area contributed by atoms with E-state index >= 15 is 0 Å². The van der Waals surface area contributed by atoms with Crippen molar-refractivity contribution in [2.24, 2.45) is 17.8 Å². The van der Waals surface area contributed by atoms with Gasteiger partial charge in [0.2, 0.25) is 0 Å². The van der Waals surface area contributed by atoms with Gasteiger partial charge in [-0.2, -0.15) is 0 Å². The van der Waals surface area contributed by atoms with Crippen LogP contribution in [0, 0.1) is 17.8 Å². The van der Waals surface area contributed by atoms with Crippen LogP contribution in [0.25, 0.3) is 0 Å². The summed E-state index contributed by atoms with van der Waals surface area (Å²) in [4.78, 5) is 22.4. The molecular weight excluding hydrogens is 244 g/mol. The predicted octanol–water partition coefficient (Wildman–Crippen LogP) is 2.22. The number of nitrogens with one attached hydrogen (secondary N) is 2. The van der Waals surface area contributed by atoms with Crippen LogP contribution in [0.15, 0.2) is 0 Å². The Labute approximate surface area is 115 Å². The van der Waals surface area contributed by atoms with Crippen LogP contribution in [-0.4, -0.2) is 29.7 Å². The van der Waals surface area contributed by atoms with Crippen molar-refractivity contribution in [2.75, 3.05) is 6.54 Å². The molecular formula is C14H26N2O3. The average Bonchev–Trinajstić information content (AvgIpc) is 2.22. The second kappa shape index (κ2) is 7.36. The highest BCUT2D eigenvalue weighted by atomic mass is 16.4.